The van der Waals surface area contributed by atoms with Crippen LogP contribution in [-0.2, 0) is 4.74 Å². The highest BCUT2D eigenvalue weighted by atomic mass is 35.5. The number of aromatic nitrogens is 3. The van der Waals surface area contributed by atoms with Crippen LogP contribution in [0.4, 0.5) is 0 Å². The number of rotatable bonds is 9. The number of aryl methyl sites for hydroxylation is 1. The molecule has 0 aliphatic heterocycles. The van der Waals surface area contributed by atoms with Crippen LogP contribution in [-0.4, -0.2) is 66.2 Å². The van der Waals surface area contributed by atoms with E-state index < -0.39 is 0 Å². The Kier molecular flexibility index (Phi) is 7.36. The van der Waals surface area contributed by atoms with Crippen molar-refractivity contribution in [3.05, 3.63) is 40.7 Å². The standard InChI is InChI=1S/C17H24ClN5O2/c1-13-16(17(24)19-8-5-9-22(2)10-11-25-3)21-23(20-13)15-7-4-6-14(18)12-15/h4,6-7,12H,5,8-11H2,1-3H3,(H,19,24). The summed E-state index contributed by atoms with van der Waals surface area (Å²) < 4.78 is 5.04. The van der Waals surface area contributed by atoms with Crippen molar-refractivity contribution in [2.24, 2.45) is 0 Å². The lowest BCUT2D eigenvalue weighted by Crippen LogP contribution is -2.30. The summed E-state index contributed by atoms with van der Waals surface area (Å²) in [4.78, 5) is 15.9. The first-order valence-corrected chi connectivity index (χ1v) is 8.54. The smallest absolute Gasteiger partial charge is 0.273 e. The van der Waals surface area contributed by atoms with Crippen molar-refractivity contribution in [3.8, 4) is 5.69 Å². The van der Waals surface area contributed by atoms with E-state index in [-0.39, 0.29) is 5.91 Å². The molecule has 25 heavy (non-hydrogen) atoms. The molecule has 1 N–H and O–H groups in total. The van der Waals surface area contributed by atoms with E-state index in [0.717, 1.165) is 25.2 Å². The first-order valence-electron chi connectivity index (χ1n) is 8.17. The Morgan fingerprint density at radius 2 is 2.16 bits per heavy atom. The zero-order chi connectivity index (χ0) is 18.2. The van der Waals surface area contributed by atoms with Crippen LogP contribution in [0.15, 0.2) is 24.3 Å². The summed E-state index contributed by atoms with van der Waals surface area (Å²) in [6, 6.07) is 7.18. The van der Waals surface area contributed by atoms with Gasteiger partial charge in [-0.1, -0.05) is 17.7 Å². The number of halogens is 1. The molecule has 136 valence electrons. The number of nitrogens with one attached hydrogen (secondary N) is 1. The summed E-state index contributed by atoms with van der Waals surface area (Å²) >= 11 is 5.99. The number of amides is 1. The highest BCUT2D eigenvalue weighted by Crippen LogP contribution is 2.14. The Bertz CT molecular complexity index is 704. The summed E-state index contributed by atoms with van der Waals surface area (Å²) in [6.45, 7) is 4.81. The van der Waals surface area contributed by atoms with E-state index in [2.05, 4.69) is 20.4 Å². The molecule has 7 nitrogen and oxygen atoms in total. The number of benzene rings is 1. The summed E-state index contributed by atoms with van der Waals surface area (Å²) in [5, 5.41) is 12.1. The van der Waals surface area contributed by atoms with Gasteiger partial charge < -0.3 is 15.0 Å². The summed E-state index contributed by atoms with van der Waals surface area (Å²) in [5.41, 5.74) is 1.62. The van der Waals surface area contributed by atoms with Crippen molar-refractivity contribution in [1.82, 2.24) is 25.2 Å². The Hall–Kier alpha value is -1.96. The van der Waals surface area contributed by atoms with Crippen molar-refractivity contribution in [2.75, 3.05) is 40.4 Å². The number of carbonyl (C=O) groups excluding carboxylic acids is 1. The van der Waals surface area contributed by atoms with Gasteiger partial charge in [0, 0.05) is 25.2 Å². The second-order valence-corrected chi connectivity index (χ2v) is 6.25. The fraction of sp³-hybridized carbons (Fsp3) is 0.471. The Morgan fingerprint density at radius 1 is 1.36 bits per heavy atom. The first-order chi connectivity index (χ1) is 12.0. The van der Waals surface area contributed by atoms with Gasteiger partial charge in [0.1, 0.15) is 0 Å². The van der Waals surface area contributed by atoms with E-state index in [0.29, 0.717) is 29.6 Å². The van der Waals surface area contributed by atoms with Crippen LogP contribution >= 0.6 is 11.6 Å². The molecule has 0 unspecified atom stereocenters. The summed E-state index contributed by atoms with van der Waals surface area (Å²) in [5.74, 6) is -0.217. The lowest BCUT2D eigenvalue weighted by molar-refractivity contribution is 0.0945. The molecule has 1 aromatic heterocycles. The van der Waals surface area contributed by atoms with E-state index >= 15 is 0 Å². The minimum Gasteiger partial charge on any atom is -0.383 e. The molecule has 1 heterocycles. The van der Waals surface area contributed by atoms with Crippen molar-refractivity contribution in [2.45, 2.75) is 13.3 Å². The normalized spacial score (nSPS) is 11.1. The van der Waals surface area contributed by atoms with Gasteiger partial charge in [0.15, 0.2) is 5.69 Å². The topological polar surface area (TPSA) is 72.3 Å². The maximum Gasteiger partial charge on any atom is 0.273 e. The maximum atomic E-state index is 12.3. The van der Waals surface area contributed by atoms with Crippen LogP contribution < -0.4 is 5.32 Å². The molecule has 1 amide bonds. The number of hydrogen-bond acceptors (Lipinski definition) is 5. The molecule has 0 aliphatic carbocycles. The number of nitrogens with zero attached hydrogens (tertiary/aromatic N) is 4. The lowest BCUT2D eigenvalue weighted by Gasteiger charge is -2.15. The zero-order valence-electron chi connectivity index (χ0n) is 14.8. The van der Waals surface area contributed by atoms with Gasteiger partial charge in [-0.25, -0.2) is 0 Å². The Labute approximate surface area is 152 Å². The monoisotopic (exact) mass is 365 g/mol. The fourth-order valence-corrected chi connectivity index (χ4v) is 2.48. The van der Waals surface area contributed by atoms with Crippen LogP contribution in [0.2, 0.25) is 5.02 Å². The lowest BCUT2D eigenvalue weighted by atomic mass is 10.3. The van der Waals surface area contributed by atoms with E-state index in [1.54, 1.807) is 26.2 Å². The third kappa shape index (κ3) is 5.81. The molecule has 0 saturated heterocycles. The number of carbonyl (C=O) groups is 1. The average molecular weight is 366 g/mol. The third-order valence-corrected chi connectivity index (χ3v) is 3.95. The zero-order valence-corrected chi connectivity index (χ0v) is 15.6. The second kappa shape index (κ2) is 9.50. The van der Waals surface area contributed by atoms with E-state index in [1.165, 1.54) is 4.80 Å². The molecule has 8 heteroatoms. The van der Waals surface area contributed by atoms with Crippen molar-refractivity contribution < 1.29 is 9.53 Å². The summed E-state index contributed by atoms with van der Waals surface area (Å²) in [7, 11) is 3.72. The highest BCUT2D eigenvalue weighted by Gasteiger charge is 2.16. The van der Waals surface area contributed by atoms with Crippen LogP contribution in [0.3, 0.4) is 0 Å². The number of methoxy groups -OCH3 is 1. The van der Waals surface area contributed by atoms with Gasteiger partial charge in [0.05, 0.1) is 18.0 Å². The van der Waals surface area contributed by atoms with E-state index in [1.807, 2.05) is 19.2 Å². The minimum absolute atomic E-state index is 0.217. The molecule has 2 aromatic rings. The first kappa shape index (κ1) is 19.4. The van der Waals surface area contributed by atoms with E-state index in [4.69, 9.17) is 16.3 Å². The molecule has 0 atom stereocenters. The molecule has 2 rings (SSSR count). The maximum absolute atomic E-state index is 12.3. The molecule has 0 aliphatic rings. The largest absolute Gasteiger partial charge is 0.383 e. The average Bonchev–Trinajstić information content (AvgIpc) is 2.98. The van der Waals surface area contributed by atoms with Gasteiger partial charge in [-0.3, -0.25) is 4.79 Å². The fourth-order valence-electron chi connectivity index (χ4n) is 2.30. The molecule has 0 bridgehead atoms. The van der Waals surface area contributed by atoms with Gasteiger partial charge in [-0.15, -0.1) is 5.10 Å². The van der Waals surface area contributed by atoms with Crippen LogP contribution in [0.25, 0.3) is 5.69 Å². The molecular weight excluding hydrogens is 342 g/mol. The van der Waals surface area contributed by atoms with E-state index in [9.17, 15) is 4.79 Å². The highest BCUT2D eigenvalue weighted by molar-refractivity contribution is 6.30. The SMILES string of the molecule is COCCN(C)CCCNC(=O)c1nn(-c2cccc(Cl)c2)nc1C. The van der Waals surface area contributed by atoms with Crippen molar-refractivity contribution in [1.29, 1.82) is 0 Å². The molecule has 1 aromatic carbocycles. The van der Waals surface area contributed by atoms with Gasteiger partial charge in [0.2, 0.25) is 0 Å². The van der Waals surface area contributed by atoms with Crippen LogP contribution in [0, 0.1) is 6.92 Å². The van der Waals surface area contributed by atoms with Gasteiger partial charge >= 0.3 is 0 Å². The van der Waals surface area contributed by atoms with Crippen LogP contribution in [0.5, 0.6) is 0 Å². The van der Waals surface area contributed by atoms with Crippen LogP contribution in [0.1, 0.15) is 22.6 Å². The van der Waals surface area contributed by atoms with Crippen molar-refractivity contribution in [3.63, 3.8) is 0 Å². The van der Waals surface area contributed by atoms with Crippen molar-refractivity contribution >= 4 is 17.5 Å². The molecular formula is C17H24ClN5O2. The molecule has 0 saturated carbocycles. The number of likely N-dealkylation sites (N-methyl/N-ethyl adjacent to an activating group) is 1. The molecule has 0 radical (unpaired) electrons. The summed E-state index contributed by atoms with van der Waals surface area (Å²) in [6.07, 6.45) is 0.855. The number of hydrogen-bond donors (Lipinski definition) is 1. The molecule has 0 spiro atoms. The molecule has 0 fully saturated rings. The van der Waals surface area contributed by atoms with Gasteiger partial charge in [-0.2, -0.15) is 9.90 Å². The number of ether oxygens (including phenoxy) is 1. The minimum atomic E-state index is -0.217. The Morgan fingerprint density at radius 3 is 2.88 bits per heavy atom. The third-order valence-electron chi connectivity index (χ3n) is 3.72. The predicted molar refractivity (Wildman–Crippen MR) is 97.4 cm³/mol. The van der Waals surface area contributed by atoms with Gasteiger partial charge in [-0.05, 0) is 45.1 Å². The predicted octanol–water partition coefficient (Wildman–Crippen LogP) is 1.93. The van der Waals surface area contributed by atoms with Gasteiger partial charge in [0.25, 0.3) is 5.91 Å². The Balaban J connectivity index is 1.88. The second-order valence-electron chi connectivity index (χ2n) is 5.81. The quantitative estimate of drug-likeness (QED) is 0.687.